The van der Waals surface area contributed by atoms with Gasteiger partial charge in [0.25, 0.3) is 0 Å². The number of methoxy groups -OCH3 is 1. The summed E-state index contributed by atoms with van der Waals surface area (Å²) in [5, 5.41) is 1.17. The molecule has 0 aliphatic rings. The third-order valence-corrected chi connectivity index (χ3v) is 4.22. The minimum Gasteiger partial charge on any atom is -0.494 e. The lowest BCUT2D eigenvalue weighted by Crippen LogP contribution is -2.09. The van der Waals surface area contributed by atoms with Crippen LogP contribution in [-0.2, 0) is 11.8 Å². The number of aromatic nitrogens is 1. The molecule has 0 saturated heterocycles. The highest BCUT2D eigenvalue weighted by Crippen LogP contribution is 2.36. The van der Waals surface area contributed by atoms with Crippen molar-refractivity contribution >= 4 is 21.6 Å². The van der Waals surface area contributed by atoms with Gasteiger partial charge in [0.05, 0.1) is 16.8 Å². The monoisotopic (exact) mass is 279 g/mol. The predicted molar refractivity (Wildman–Crippen MR) is 85.6 cm³/mol. The third kappa shape index (κ3) is 3.47. The summed E-state index contributed by atoms with van der Waals surface area (Å²) in [6.45, 7) is 12.7. The lowest BCUT2D eigenvalue weighted by Gasteiger charge is -2.13. The quantitative estimate of drug-likeness (QED) is 0.754. The van der Waals surface area contributed by atoms with Gasteiger partial charge in [0, 0.05) is 5.41 Å². The Morgan fingerprint density at radius 1 is 1.21 bits per heavy atom. The van der Waals surface area contributed by atoms with E-state index in [1.807, 2.05) is 13.8 Å². The Hall–Kier alpha value is -1.09. The van der Waals surface area contributed by atoms with E-state index in [2.05, 4.69) is 39.8 Å². The topological polar surface area (TPSA) is 22.1 Å². The number of hydrogen-bond acceptors (Lipinski definition) is 3. The van der Waals surface area contributed by atoms with Crippen molar-refractivity contribution in [2.45, 2.75) is 53.4 Å². The second kappa shape index (κ2) is 6.38. The highest BCUT2D eigenvalue weighted by molar-refractivity contribution is 7.18. The molecule has 0 bridgehead atoms. The van der Waals surface area contributed by atoms with Crippen LogP contribution in [0.25, 0.3) is 10.2 Å². The Morgan fingerprint density at radius 2 is 1.84 bits per heavy atom. The molecule has 1 aromatic heterocycles. The third-order valence-electron chi connectivity index (χ3n) is 2.79. The van der Waals surface area contributed by atoms with Crippen molar-refractivity contribution in [3.63, 3.8) is 0 Å². The largest absolute Gasteiger partial charge is 0.494 e. The van der Waals surface area contributed by atoms with Crippen molar-refractivity contribution in [2.75, 3.05) is 7.11 Å². The first-order valence-electron chi connectivity index (χ1n) is 6.93. The summed E-state index contributed by atoms with van der Waals surface area (Å²) in [6, 6.07) is 4.32. The fourth-order valence-corrected chi connectivity index (χ4v) is 2.84. The van der Waals surface area contributed by atoms with E-state index >= 15 is 0 Å². The number of thiazole rings is 1. The van der Waals surface area contributed by atoms with Crippen LogP contribution in [-0.4, -0.2) is 12.1 Å². The van der Waals surface area contributed by atoms with Gasteiger partial charge in [-0.05, 0) is 24.1 Å². The highest BCUT2D eigenvalue weighted by Gasteiger charge is 2.20. The van der Waals surface area contributed by atoms with E-state index < -0.39 is 0 Å². The number of rotatable bonds is 2. The molecular formula is C16H25NOS. The molecule has 0 radical (unpaired) electrons. The molecule has 1 aromatic carbocycles. The number of hydrogen-bond donors (Lipinski definition) is 0. The van der Waals surface area contributed by atoms with E-state index in [0.717, 1.165) is 17.7 Å². The van der Waals surface area contributed by atoms with Gasteiger partial charge >= 0.3 is 0 Å². The molecule has 2 rings (SSSR count). The Bertz CT molecular complexity index is 537. The van der Waals surface area contributed by atoms with Gasteiger partial charge in [0.1, 0.15) is 11.3 Å². The molecule has 0 saturated carbocycles. The molecule has 0 amide bonds. The van der Waals surface area contributed by atoms with Crippen LogP contribution in [0.1, 0.15) is 52.1 Å². The van der Waals surface area contributed by atoms with Gasteiger partial charge in [-0.25, -0.2) is 4.98 Å². The fraction of sp³-hybridized carbons (Fsp3) is 0.562. The van der Waals surface area contributed by atoms with Crippen molar-refractivity contribution < 1.29 is 4.74 Å². The van der Waals surface area contributed by atoms with Gasteiger partial charge in [-0.3, -0.25) is 0 Å². The second-order valence-electron chi connectivity index (χ2n) is 5.27. The Kier molecular flexibility index (Phi) is 5.36. The zero-order chi connectivity index (χ0) is 14.6. The first-order chi connectivity index (χ1) is 8.95. The lowest BCUT2D eigenvalue weighted by molar-refractivity contribution is 0.418. The summed E-state index contributed by atoms with van der Waals surface area (Å²) in [7, 11) is 1.71. The summed E-state index contributed by atoms with van der Waals surface area (Å²) in [6.07, 6.45) is 1.02. The first-order valence-corrected chi connectivity index (χ1v) is 7.75. The maximum atomic E-state index is 5.44. The van der Waals surface area contributed by atoms with E-state index in [1.165, 1.54) is 15.3 Å². The van der Waals surface area contributed by atoms with Crippen LogP contribution in [0.15, 0.2) is 12.1 Å². The molecule has 19 heavy (non-hydrogen) atoms. The van der Waals surface area contributed by atoms with Crippen molar-refractivity contribution in [1.82, 2.24) is 4.98 Å². The maximum Gasteiger partial charge on any atom is 0.146 e. The molecular weight excluding hydrogens is 254 g/mol. The summed E-state index contributed by atoms with van der Waals surface area (Å²) in [5.41, 5.74) is 2.40. The molecule has 0 unspecified atom stereocenters. The van der Waals surface area contributed by atoms with Crippen molar-refractivity contribution in [3.05, 3.63) is 22.7 Å². The highest BCUT2D eigenvalue weighted by atomic mass is 32.1. The second-order valence-corrected chi connectivity index (χ2v) is 6.30. The molecule has 0 atom stereocenters. The van der Waals surface area contributed by atoms with Gasteiger partial charge in [-0.1, -0.05) is 41.5 Å². The molecule has 0 fully saturated rings. The number of aryl methyl sites for hydroxylation is 1. The van der Waals surface area contributed by atoms with E-state index in [4.69, 9.17) is 9.72 Å². The van der Waals surface area contributed by atoms with Crippen LogP contribution in [0.2, 0.25) is 0 Å². The first kappa shape index (κ1) is 16.0. The van der Waals surface area contributed by atoms with Crippen LogP contribution in [0, 0.1) is 0 Å². The minimum absolute atomic E-state index is 0.0983. The van der Waals surface area contributed by atoms with Gasteiger partial charge in [0.15, 0.2) is 0 Å². The average molecular weight is 279 g/mol. The van der Waals surface area contributed by atoms with Gasteiger partial charge in [-0.2, -0.15) is 0 Å². The Labute approximate surface area is 120 Å². The van der Waals surface area contributed by atoms with Crippen molar-refractivity contribution in [3.8, 4) is 5.75 Å². The minimum atomic E-state index is 0.0983. The lowest BCUT2D eigenvalue weighted by atomic mass is 9.98. The zero-order valence-corrected chi connectivity index (χ0v) is 13.9. The fourth-order valence-electron chi connectivity index (χ4n) is 1.73. The number of nitrogens with zero attached hydrogens (tertiary/aromatic N) is 1. The van der Waals surface area contributed by atoms with E-state index in [0.29, 0.717) is 0 Å². The molecule has 2 aromatic rings. The summed E-state index contributed by atoms with van der Waals surface area (Å²) in [5.74, 6) is 0.895. The summed E-state index contributed by atoms with van der Waals surface area (Å²) in [4.78, 5) is 4.72. The zero-order valence-electron chi connectivity index (χ0n) is 13.1. The van der Waals surface area contributed by atoms with E-state index in [-0.39, 0.29) is 5.41 Å². The molecule has 0 spiro atoms. The van der Waals surface area contributed by atoms with Crippen LogP contribution in [0.3, 0.4) is 0 Å². The van der Waals surface area contributed by atoms with Crippen molar-refractivity contribution in [2.24, 2.45) is 0 Å². The number of fused-ring (bicyclic) bond motifs is 1. The number of benzene rings is 1. The maximum absolute atomic E-state index is 5.44. The molecule has 3 heteroatoms. The number of ether oxygens (including phenoxy) is 1. The van der Waals surface area contributed by atoms with E-state index in [9.17, 15) is 0 Å². The Morgan fingerprint density at radius 3 is 2.32 bits per heavy atom. The smallest absolute Gasteiger partial charge is 0.146 e. The molecule has 106 valence electrons. The summed E-state index contributed by atoms with van der Waals surface area (Å²) >= 11 is 1.77. The van der Waals surface area contributed by atoms with Crippen LogP contribution >= 0.6 is 11.3 Å². The molecule has 1 heterocycles. The molecule has 2 nitrogen and oxygen atoms in total. The molecule has 0 aliphatic heterocycles. The van der Waals surface area contributed by atoms with Crippen LogP contribution in [0.5, 0.6) is 5.75 Å². The van der Waals surface area contributed by atoms with Gasteiger partial charge in [-0.15, -0.1) is 11.3 Å². The van der Waals surface area contributed by atoms with Crippen LogP contribution in [0.4, 0.5) is 0 Å². The predicted octanol–water partition coefficient (Wildman–Crippen LogP) is 5.19. The Balaban J connectivity index is 0.000000861. The van der Waals surface area contributed by atoms with Crippen LogP contribution < -0.4 is 4.74 Å². The normalized spacial score (nSPS) is 11.1. The molecule has 0 N–H and O–H groups in total. The SMILES string of the molecule is CC.CCc1cc(OC)c2nc(C(C)(C)C)sc2c1. The average Bonchev–Trinajstić information content (AvgIpc) is 2.83. The molecule has 0 aliphatic carbocycles. The van der Waals surface area contributed by atoms with Gasteiger partial charge in [0.2, 0.25) is 0 Å². The standard InChI is InChI=1S/C14H19NOS.C2H6/c1-6-9-7-10(16-5)12-11(8-9)17-13(15-12)14(2,3)4;1-2/h7-8H,6H2,1-5H3;1-2H3. The van der Waals surface area contributed by atoms with E-state index in [1.54, 1.807) is 18.4 Å². The van der Waals surface area contributed by atoms with Crippen molar-refractivity contribution in [1.29, 1.82) is 0 Å². The summed E-state index contributed by atoms with van der Waals surface area (Å²) < 4.78 is 6.67. The van der Waals surface area contributed by atoms with Gasteiger partial charge < -0.3 is 4.74 Å².